The van der Waals surface area contributed by atoms with Gasteiger partial charge in [-0.1, -0.05) is 12.1 Å². The van der Waals surface area contributed by atoms with Gasteiger partial charge in [0, 0.05) is 48.9 Å². The summed E-state index contributed by atoms with van der Waals surface area (Å²) in [4.78, 5) is 22.9. The van der Waals surface area contributed by atoms with Crippen molar-refractivity contribution < 1.29 is 13.6 Å². The Hall–Kier alpha value is -3.61. The van der Waals surface area contributed by atoms with Gasteiger partial charge in [-0.3, -0.25) is 14.8 Å². The van der Waals surface area contributed by atoms with Gasteiger partial charge in [-0.05, 0) is 48.4 Å². The summed E-state index contributed by atoms with van der Waals surface area (Å²) in [6.45, 7) is 1.47. The first kappa shape index (κ1) is 19.4. The molecule has 0 bridgehead atoms. The van der Waals surface area contributed by atoms with E-state index in [1.54, 1.807) is 24.4 Å². The quantitative estimate of drug-likeness (QED) is 0.620. The van der Waals surface area contributed by atoms with E-state index < -0.39 is 11.7 Å². The molecule has 1 fully saturated rings. The van der Waals surface area contributed by atoms with Crippen molar-refractivity contribution in [3.63, 3.8) is 0 Å². The Morgan fingerprint density at radius 1 is 1.13 bits per heavy atom. The van der Waals surface area contributed by atoms with Crippen molar-refractivity contribution in [2.45, 2.75) is 18.3 Å². The number of hydrogen-bond acceptors (Lipinski definition) is 4. The zero-order valence-corrected chi connectivity index (χ0v) is 16.6. The van der Waals surface area contributed by atoms with Crippen LogP contribution in [0.5, 0.6) is 0 Å². The summed E-state index contributed by atoms with van der Waals surface area (Å²) in [7, 11) is 0. The first-order valence-corrected chi connectivity index (χ1v) is 10.2. The zero-order valence-electron chi connectivity index (χ0n) is 16.6. The first-order chi connectivity index (χ1) is 15.1. The summed E-state index contributed by atoms with van der Waals surface area (Å²) in [5.41, 5.74) is 3.09. The summed E-state index contributed by atoms with van der Waals surface area (Å²) in [5, 5.41) is 2.64. The first-order valence-electron chi connectivity index (χ1n) is 10.2. The molecule has 3 heterocycles. The van der Waals surface area contributed by atoms with Crippen LogP contribution in [0.2, 0.25) is 0 Å². The molecule has 2 atom stereocenters. The van der Waals surface area contributed by atoms with E-state index in [0.717, 1.165) is 18.7 Å². The van der Waals surface area contributed by atoms with Crippen molar-refractivity contribution in [2.75, 3.05) is 23.3 Å². The van der Waals surface area contributed by atoms with E-state index in [-0.39, 0.29) is 17.6 Å². The highest BCUT2D eigenvalue weighted by molar-refractivity contribution is 6.12. The molecule has 1 N–H and O–H groups in total. The van der Waals surface area contributed by atoms with Crippen molar-refractivity contribution in [3.05, 3.63) is 83.7 Å². The van der Waals surface area contributed by atoms with Gasteiger partial charge in [0.25, 0.3) is 0 Å². The fourth-order valence-electron chi connectivity index (χ4n) is 4.24. The van der Waals surface area contributed by atoms with Crippen LogP contribution in [0.1, 0.15) is 29.5 Å². The highest BCUT2D eigenvalue weighted by atomic mass is 19.1. The van der Waals surface area contributed by atoms with E-state index in [2.05, 4.69) is 15.3 Å². The minimum Gasteiger partial charge on any atom is -0.368 e. The Kier molecular flexibility index (Phi) is 4.94. The van der Waals surface area contributed by atoms with E-state index in [1.165, 1.54) is 24.4 Å². The van der Waals surface area contributed by atoms with Crippen LogP contribution < -0.4 is 10.2 Å². The molecule has 2 unspecified atom stereocenters. The summed E-state index contributed by atoms with van der Waals surface area (Å²) in [5.74, 6) is -1.39. The molecule has 1 aromatic heterocycles. The van der Waals surface area contributed by atoms with E-state index in [1.807, 2.05) is 23.1 Å². The van der Waals surface area contributed by atoms with Crippen molar-refractivity contribution in [2.24, 2.45) is 4.99 Å². The number of hydrogen-bond donors (Lipinski definition) is 1. The largest absolute Gasteiger partial charge is 0.368 e. The Balaban J connectivity index is 1.31. The SMILES string of the molecule is O=C1Nc2cc(F)ccc2C1C=Nc1ccc(N2CCC(c3ccccn3)C2)c(F)c1. The van der Waals surface area contributed by atoms with Gasteiger partial charge in [0.15, 0.2) is 0 Å². The second-order valence-corrected chi connectivity index (χ2v) is 7.80. The van der Waals surface area contributed by atoms with Crippen LogP contribution in [-0.2, 0) is 4.79 Å². The topological polar surface area (TPSA) is 57.6 Å². The van der Waals surface area contributed by atoms with Gasteiger partial charge in [-0.2, -0.15) is 0 Å². The van der Waals surface area contributed by atoms with E-state index in [4.69, 9.17) is 0 Å². The molecule has 5 nitrogen and oxygen atoms in total. The molecule has 1 amide bonds. The second kappa shape index (κ2) is 7.91. The summed E-state index contributed by atoms with van der Waals surface area (Å²) < 4.78 is 28.2. The molecule has 7 heteroatoms. The number of aliphatic imine (C=N–C) groups is 1. The molecule has 0 aliphatic carbocycles. The van der Waals surface area contributed by atoms with Crippen LogP contribution in [-0.4, -0.2) is 30.2 Å². The van der Waals surface area contributed by atoms with Crippen LogP contribution in [0.3, 0.4) is 0 Å². The average Bonchev–Trinajstić information content (AvgIpc) is 3.37. The molecule has 31 heavy (non-hydrogen) atoms. The van der Waals surface area contributed by atoms with Gasteiger partial charge >= 0.3 is 0 Å². The van der Waals surface area contributed by atoms with Crippen molar-refractivity contribution in [3.8, 4) is 0 Å². The predicted molar refractivity (Wildman–Crippen MR) is 116 cm³/mol. The number of pyridine rings is 1. The van der Waals surface area contributed by atoms with E-state index in [9.17, 15) is 13.6 Å². The van der Waals surface area contributed by atoms with Crippen LogP contribution >= 0.6 is 0 Å². The van der Waals surface area contributed by atoms with Crippen LogP contribution in [0, 0.1) is 11.6 Å². The summed E-state index contributed by atoms with van der Waals surface area (Å²) >= 11 is 0. The fourth-order valence-corrected chi connectivity index (χ4v) is 4.24. The Morgan fingerprint density at radius 3 is 2.84 bits per heavy atom. The highest BCUT2D eigenvalue weighted by Gasteiger charge is 2.29. The number of amides is 1. The van der Waals surface area contributed by atoms with Crippen molar-refractivity contribution in [1.82, 2.24) is 4.98 Å². The van der Waals surface area contributed by atoms with Gasteiger partial charge in [-0.15, -0.1) is 0 Å². The monoisotopic (exact) mass is 418 g/mol. The van der Waals surface area contributed by atoms with Crippen LogP contribution in [0.15, 0.2) is 65.8 Å². The lowest BCUT2D eigenvalue weighted by Gasteiger charge is -2.19. The molecule has 2 aliphatic heterocycles. The molecule has 156 valence electrons. The number of nitrogens with one attached hydrogen (secondary N) is 1. The minimum atomic E-state index is -0.629. The maximum atomic E-state index is 14.8. The average molecular weight is 418 g/mol. The van der Waals surface area contributed by atoms with Gasteiger partial charge < -0.3 is 10.2 Å². The molecule has 2 aromatic carbocycles. The van der Waals surface area contributed by atoms with Crippen molar-refractivity contribution >= 4 is 29.2 Å². The third-order valence-electron chi connectivity index (χ3n) is 5.83. The second-order valence-electron chi connectivity index (χ2n) is 7.80. The summed E-state index contributed by atoms with van der Waals surface area (Å²) in [6.07, 6.45) is 4.18. The third kappa shape index (κ3) is 3.79. The van der Waals surface area contributed by atoms with Crippen LogP contribution in [0.25, 0.3) is 0 Å². The lowest BCUT2D eigenvalue weighted by molar-refractivity contribution is -0.115. The molecular weight excluding hydrogens is 398 g/mol. The molecule has 3 aromatic rings. The number of carbonyl (C=O) groups is 1. The highest BCUT2D eigenvalue weighted by Crippen LogP contribution is 2.34. The number of halogens is 2. The van der Waals surface area contributed by atoms with Gasteiger partial charge in [0.1, 0.15) is 17.6 Å². The molecule has 2 aliphatic rings. The molecule has 1 saturated heterocycles. The Bertz CT molecular complexity index is 1170. The molecule has 5 rings (SSSR count). The summed E-state index contributed by atoms with van der Waals surface area (Å²) in [6, 6.07) is 14.9. The number of carbonyl (C=O) groups excluding carboxylic acids is 1. The predicted octanol–water partition coefficient (Wildman–Crippen LogP) is 4.79. The van der Waals surface area contributed by atoms with Gasteiger partial charge in [0.05, 0.1) is 11.4 Å². The molecule has 0 spiro atoms. The van der Waals surface area contributed by atoms with E-state index in [0.29, 0.717) is 29.2 Å². The standard InChI is InChI=1S/C24H20F2N4O/c25-16-4-6-18-19(24(31)29-22(18)11-16)13-28-17-5-7-23(20(26)12-17)30-10-8-15(14-30)21-3-1-2-9-27-21/h1-7,9,11-13,15,19H,8,10,14H2,(H,29,31). The smallest absolute Gasteiger partial charge is 0.237 e. The van der Waals surface area contributed by atoms with Gasteiger partial charge in [0.2, 0.25) is 5.91 Å². The van der Waals surface area contributed by atoms with Crippen molar-refractivity contribution in [1.29, 1.82) is 0 Å². The number of fused-ring (bicyclic) bond motifs is 1. The lowest BCUT2D eigenvalue weighted by Crippen LogP contribution is -2.20. The van der Waals surface area contributed by atoms with E-state index >= 15 is 0 Å². The third-order valence-corrected chi connectivity index (χ3v) is 5.83. The Labute approximate surface area is 178 Å². The van der Waals surface area contributed by atoms with Crippen LogP contribution in [0.4, 0.5) is 25.8 Å². The number of aromatic nitrogens is 1. The molecular formula is C24H20F2N4O. The Morgan fingerprint density at radius 2 is 2.03 bits per heavy atom. The molecule has 0 saturated carbocycles. The fraction of sp³-hybridized carbons (Fsp3) is 0.208. The lowest BCUT2D eigenvalue weighted by atomic mass is 10.0. The minimum absolute atomic E-state index is 0.279. The molecule has 0 radical (unpaired) electrons. The number of nitrogens with zero attached hydrogens (tertiary/aromatic N) is 3. The maximum Gasteiger partial charge on any atom is 0.237 e. The number of rotatable bonds is 4. The number of benzene rings is 2. The van der Waals surface area contributed by atoms with Gasteiger partial charge in [-0.25, -0.2) is 8.78 Å². The number of anilines is 2. The normalized spacial score (nSPS) is 20.3. The maximum absolute atomic E-state index is 14.8. The zero-order chi connectivity index (χ0) is 21.4.